The summed E-state index contributed by atoms with van der Waals surface area (Å²) >= 11 is 3.43. The van der Waals surface area contributed by atoms with Crippen molar-refractivity contribution in [1.82, 2.24) is 9.38 Å². The Labute approximate surface area is 73.0 Å². The molecule has 0 amide bonds. The van der Waals surface area contributed by atoms with Crippen molar-refractivity contribution in [3.63, 3.8) is 0 Å². The number of hydrogen-bond donors (Lipinski definition) is 0. The SMILES string of the molecule is Cc1cc2nc[c]n2cc1Br. The number of fused-ring (bicyclic) bond motifs is 1. The quantitative estimate of drug-likeness (QED) is 0.651. The molecule has 0 fully saturated rings. The van der Waals surface area contributed by atoms with E-state index >= 15 is 0 Å². The van der Waals surface area contributed by atoms with Crippen LogP contribution in [-0.4, -0.2) is 9.38 Å². The van der Waals surface area contributed by atoms with Gasteiger partial charge < -0.3 is 0 Å². The van der Waals surface area contributed by atoms with Crippen molar-refractivity contribution in [2.45, 2.75) is 6.92 Å². The van der Waals surface area contributed by atoms with Crippen LogP contribution in [0.5, 0.6) is 0 Å². The van der Waals surface area contributed by atoms with Crippen LogP contribution in [0.25, 0.3) is 5.65 Å². The molecule has 0 aliphatic carbocycles. The van der Waals surface area contributed by atoms with Crippen LogP contribution in [-0.2, 0) is 0 Å². The third-order valence-corrected chi connectivity index (χ3v) is 2.44. The molecule has 0 aromatic carbocycles. The zero-order valence-corrected chi connectivity index (χ0v) is 7.59. The molecule has 1 radical (unpaired) electrons. The van der Waals surface area contributed by atoms with Gasteiger partial charge in [-0.15, -0.1) is 0 Å². The van der Waals surface area contributed by atoms with Crippen molar-refractivity contribution in [2.75, 3.05) is 0 Å². The van der Waals surface area contributed by atoms with E-state index in [1.165, 1.54) is 5.56 Å². The smallest absolute Gasteiger partial charge is 0.137 e. The van der Waals surface area contributed by atoms with Gasteiger partial charge in [-0.3, -0.25) is 4.40 Å². The first-order valence-corrected chi connectivity index (χ1v) is 4.07. The van der Waals surface area contributed by atoms with E-state index in [0.29, 0.717) is 0 Å². The summed E-state index contributed by atoms with van der Waals surface area (Å²) in [6, 6.07) is 2.01. The third-order valence-electron chi connectivity index (χ3n) is 1.61. The average molecular weight is 210 g/mol. The Morgan fingerprint density at radius 1 is 1.64 bits per heavy atom. The van der Waals surface area contributed by atoms with E-state index in [0.717, 1.165) is 10.1 Å². The maximum Gasteiger partial charge on any atom is 0.137 e. The highest BCUT2D eigenvalue weighted by molar-refractivity contribution is 9.10. The van der Waals surface area contributed by atoms with Crippen LogP contribution in [0.1, 0.15) is 5.56 Å². The predicted octanol–water partition coefficient (Wildman–Crippen LogP) is 2.21. The predicted molar refractivity (Wildman–Crippen MR) is 46.5 cm³/mol. The van der Waals surface area contributed by atoms with Crippen molar-refractivity contribution in [3.8, 4) is 0 Å². The maximum atomic E-state index is 4.11. The molecule has 2 aromatic rings. The second-order valence-electron chi connectivity index (χ2n) is 2.42. The van der Waals surface area contributed by atoms with Crippen molar-refractivity contribution in [1.29, 1.82) is 0 Å². The summed E-state index contributed by atoms with van der Waals surface area (Å²) in [7, 11) is 0. The topological polar surface area (TPSA) is 17.3 Å². The molecule has 0 aliphatic rings. The molecule has 0 saturated heterocycles. The highest BCUT2D eigenvalue weighted by Crippen LogP contribution is 2.16. The highest BCUT2D eigenvalue weighted by Gasteiger charge is 1.97. The van der Waals surface area contributed by atoms with Crippen LogP contribution in [0, 0.1) is 13.1 Å². The Bertz CT molecular complexity index is 356. The van der Waals surface area contributed by atoms with Crippen LogP contribution < -0.4 is 0 Å². The summed E-state index contributed by atoms with van der Waals surface area (Å²) in [6.07, 6.45) is 6.59. The second kappa shape index (κ2) is 2.34. The molecule has 0 atom stereocenters. The lowest BCUT2D eigenvalue weighted by Gasteiger charge is -1.97. The van der Waals surface area contributed by atoms with Gasteiger partial charge >= 0.3 is 0 Å². The monoisotopic (exact) mass is 209 g/mol. The van der Waals surface area contributed by atoms with Gasteiger partial charge in [-0.25, -0.2) is 4.98 Å². The molecule has 0 unspecified atom stereocenters. The van der Waals surface area contributed by atoms with Crippen LogP contribution in [0.2, 0.25) is 0 Å². The minimum absolute atomic E-state index is 0.936. The van der Waals surface area contributed by atoms with Gasteiger partial charge in [-0.05, 0) is 34.5 Å². The molecule has 0 bridgehead atoms. The lowest BCUT2D eigenvalue weighted by atomic mass is 10.3. The van der Waals surface area contributed by atoms with E-state index in [2.05, 4.69) is 27.1 Å². The number of imidazole rings is 1. The number of aryl methyl sites for hydroxylation is 1. The molecule has 3 heteroatoms. The number of nitrogens with zero attached hydrogens (tertiary/aromatic N) is 2. The van der Waals surface area contributed by atoms with E-state index in [4.69, 9.17) is 0 Å². The van der Waals surface area contributed by atoms with Gasteiger partial charge in [0.05, 0.1) is 12.4 Å². The number of hydrogen-bond acceptors (Lipinski definition) is 1. The minimum atomic E-state index is 0.936. The largest absolute Gasteiger partial charge is 0.297 e. The van der Waals surface area contributed by atoms with E-state index in [9.17, 15) is 0 Å². The third kappa shape index (κ3) is 1.05. The number of pyridine rings is 1. The lowest BCUT2D eigenvalue weighted by molar-refractivity contribution is 1.15. The van der Waals surface area contributed by atoms with Gasteiger partial charge in [0.15, 0.2) is 0 Å². The van der Waals surface area contributed by atoms with Crippen LogP contribution in [0.15, 0.2) is 22.9 Å². The first-order chi connectivity index (χ1) is 5.27. The number of halogens is 1. The van der Waals surface area contributed by atoms with Gasteiger partial charge in [0.2, 0.25) is 0 Å². The van der Waals surface area contributed by atoms with E-state index in [1.807, 2.05) is 23.6 Å². The van der Waals surface area contributed by atoms with Gasteiger partial charge in [0, 0.05) is 10.7 Å². The fraction of sp³-hybridized carbons (Fsp3) is 0.125. The molecule has 2 rings (SSSR count). The molecule has 0 N–H and O–H groups in total. The highest BCUT2D eigenvalue weighted by atomic mass is 79.9. The summed E-state index contributed by atoms with van der Waals surface area (Å²) in [5.74, 6) is 0. The van der Waals surface area contributed by atoms with E-state index in [-0.39, 0.29) is 0 Å². The molecule has 0 spiro atoms. The summed E-state index contributed by atoms with van der Waals surface area (Å²) in [5.41, 5.74) is 2.13. The Hall–Kier alpha value is -0.830. The fourth-order valence-electron chi connectivity index (χ4n) is 0.974. The van der Waals surface area contributed by atoms with Crippen molar-refractivity contribution in [2.24, 2.45) is 0 Å². The van der Waals surface area contributed by atoms with Gasteiger partial charge in [-0.1, -0.05) is 0 Å². The Morgan fingerprint density at radius 3 is 3.27 bits per heavy atom. The molecule has 55 valence electrons. The normalized spacial score (nSPS) is 10.7. The van der Waals surface area contributed by atoms with Crippen LogP contribution >= 0.6 is 15.9 Å². The first-order valence-electron chi connectivity index (χ1n) is 3.28. The summed E-state index contributed by atoms with van der Waals surface area (Å²) < 4.78 is 2.94. The van der Waals surface area contributed by atoms with Crippen molar-refractivity contribution < 1.29 is 0 Å². The Kier molecular flexibility index (Phi) is 1.46. The standard InChI is InChI=1S/C8H6BrN2/c1-6-4-8-10-2-3-11(8)5-7(6)9/h2,4-5H,1H3. The molecule has 2 nitrogen and oxygen atoms in total. The Balaban J connectivity index is 2.86. The molecule has 2 aromatic heterocycles. The molecule has 2 heterocycles. The molecule has 0 aliphatic heterocycles. The maximum absolute atomic E-state index is 4.11. The van der Waals surface area contributed by atoms with Crippen molar-refractivity contribution >= 4 is 21.6 Å². The summed E-state index contributed by atoms with van der Waals surface area (Å²) in [4.78, 5) is 4.11. The fourth-order valence-corrected chi connectivity index (χ4v) is 1.29. The summed E-state index contributed by atoms with van der Waals surface area (Å²) in [6.45, 7) is 2.04. The number of aromatic nitrogens is 2. The average Bonchev–Trinajstić information content (AvgIpc) is 2.36. The molecule has 11 heavy (non-hydrogen) atoms. The molecule has 0 saturated carbocycles. The lowest BCUT2D eigenvalue weighted by Crippen LogP contribution is -1.85. The first kappa shape index (κ1) is 6.85. The van der Waals surface area contributed by atoms with Crippen LogP contribution in [0.4, 0.5) is 0 Å². The summed E-state index contributed by atoms with van der Waals surface area (Å²) in [5, 5.41) is 0. The van der Waals surface area contributed by atoms with E-state index in [1.54, 1.807) is 6.20 Å². The number of rotatable bonds is 0. The second-order valence-corrected chi connectivity index (χ2v) is 3.27. The Morgan fingerprint density at radius 2 is 2.45 bits per heavy atom. The zero-order chi connectivity index (χ0) is 7.84. The minimum Gasteiger partial charge on any atom is -0.297 e. The zero-order valence-electron chi connectivity index (χ0n) is 6.00. The van der Waals surface area contributed by atoms with E-state index < -0.39 is 0 Å². The van der Waals surface area contributed by atoms with Gasteiger partial charge in [0.25, 0.3) is 0 Å². The van der Waals surface area contributed by atoms with Gasteiger partial charge in [0.1, 0.15) is 5.65 Å². The molecular weight excluding hydrogens is 204 g/mol. The van der Waals surface area contributed by atoms with Gasteiger partial charge in [-0.2, -0.15) is 0 Å². The van der Waals surface area contributed by atoms with Crippen molar-refractivity contribution in [3.05, 3.63) is 34.7 Å². The van der Waals surface area contributed by atoms with Crippen LogP contribution in [0.3, 0.4) is 0 Å². The molecular formula is C8H6BrN2.